The van der Waals surface area contributed by atoms with Crippen molar-refractivity contribution in [1.82, 2.24) is 0 Å². The molecule has 1 aromatic rings. The van der Waals surface area contributed by atoms with Crippen LogP contribution < -0.4 is 0 Å². The molecule has 84 valence electrons. The number of aliphatic carboxylic acids is 1. The second kappa shape index (κ2) is 4.27. The van der Waals surface area contributed by atoms with Gasteiger partial charge in [-0.15, -0.1) is 11.8 Å². The Morgan fingerprint density at radius 3 is 2.81 bits per heavy atom. The lowest BCUT2D eigenvalue weighted by Gasteiger charge is -2.24. The molecule has 16 heavy (non-hydrogen) atoms. The van der Waals surface area contributed by atoms with Gasteiger partial charge in [0.2, 0.25) is 0 Å². The zero-order valence-electron chi connectivity index (χ0n) is 8.29. The standard InChI is InChI=1S/C11H10O4S/c12-9-6-3-1-2-4-8(6)16-5-7(9)10(13)11(14)15/h1-4,7,10,13H,5H2,(H,14,15). The summed E-state index contributed by atoms with van der Waals surface area (Å²) in [5.74, 6) is -2.18. The molecule has 1 heterocycles. The highest BCUT2D eigenvalue weighted by Crippen LogP contribution is 2.33. The molecule has 0 aliphatic carbocycles. The largest absolute Gasteiger partial charge is 0.479 e. The molecule has 2 rings (SSSR count). The molecule has 0 amide bonds. The fourth-order valence-electron chi connectivity index (χ4n) is 1.66. The van der Waals surface area contributed by atoms with Gasteiger partial charge in [0.1, 0.15) is 0 Å². The first-order valence-electron chi connectivity index (χ1n) is 4.78. The smallest absolute Gasteiger partial charge is 0.333 e. The highest BCUT2D eigenvalue weighted by Gasteiger charge is 2.36. The molecule has 0 bridgehead atoms. The number of fused-ring (bicyclic) bond motifs is 1. The first kappa shape index (κ1) is 11.2. The lowest BCUT2D eigenvalue weighted by Crippen LogP contribution is -2.38. The average molecular weight is 238 g/mol. The van der Waals surface area contributed by atoms with Crippen molar-refractivity contribution in [3.8, 4) is 0 Å². The quantitative estimate of drug-likeness (QED) is 0.805. The van der Waals surface area contributed by atoms with Gasteiger partial charge in [-0.25, -0.2) is 4.79 Å². The molecule has 4 nitrogen and oxygen atoms in total. The average Bonchev–Trinajstić information content (AvgIpc) is 2.29. The van der Waals surface area contributed by atoms with Crippen LogP contribution in [-0.2, 0) is 4.79 Å². The number of Topliss-reactive ketones (excluding diaryl/α,β-unsaturated/α-hetero) is 1. The van der Waals surface area contributed by atoms with Crippen LogP contribution in [0.5, 0.6) is 0 Å². The third-order valence-corrected chi connectivity index (χ3v) is 3.73. The molecule has 0 aromatic heterocycles. The van der Waals surface area contributed by atoms with Gasteiger partial charge in [-0.2, -0.15) is 0 Å². The van der Waals surface area contributed by atoms with E-state index in [-0.39, 0.29) is 5.78 Å². The summed E-state index contributed by atoms with van der Waals surface area (Å²) < 4.78 is 0. The molecule has 1 aromatic carbocycles. The number of ketones is 1. The SMILES string of the molecule is O=C(O)C(O)C1CSc2ccccc2C1=O. The summed E-state index contributed by atoms with van der Waals surface area (Å²) in [7, 11) is 0. The van der Waals surface area contributed by atoms with Gasteiger partial charge in [0, 0.05) is 16.2 Å². The van der Waals surface area contributed by atoms with E-state index in [1.807, 2.05) is 12.1 Å². The zero-order valence-corrected chi connectivity index (χ0v) is 9.11. The summed E-state index contributed by atoms with van der Waals surface area (Å²) in [6.45, 7) is 0. The molecule has 0 saturated heterocycles. The molecule has 2 atom stereocenters. The van der Waals surface area contributed by atoms with Crippen LogP contribution in [0.25, 0.3) is 0 Å². The minimum Gasteiger partial charge on any atom is -0.479 e. The van der Waals surface area contributed by atoms with Gasteiger partial charge in [0.25, 0.3) is 0 Å². The first-order chi connectivity index (χ1) is 7.61. The van der Waals surface area contributed by atoms with E-state index in [4.69, 9.17) is 5.11 Å². The van der Waals surface area contributed by atoms with Crippen LogP contribution in [0.15, 0.2) is 29.2 Å². The van der Waals surface area contributed by atoms with E-state index in [0.717, 1.165) is 4.90 Å². The Bertz CT molecular complexity index is 443. The fraction of sp³-hybridized carbons (Fsp3) is 0.273. The second-order valence-electron chi connectivity index (χ2n) is 3.56. The fourth-order valence-corrected chi connectivity index (χ4v) is 2.85. The Labute approximate surface area is 96.3 Å². The molecule has 1 aliphatic heterocycles. The molecule has 2 unspecified atom stereocenters. The number of carbonyl (C=O) groups is 2. The minimum atomic E-state index is -1.62. The second-order valence-corrected chi connectivity index (χ2v) is 4.62. The number of thioether (sulfide) groups is 1. The van der Waals surface area contributed by atoms with E-state index >= 15 is 0 Å². The summed E-state index contributed by atoms with van der Waals surface area (Å²) in [4.78, 5) is 23.4. The maximum absolute atomic E-state index is 11.9. The van der Waals surface area contributed by atoms with Gasteiger partial charge in [-0.3, -0.25) is 4.79 Å². The molecule has 0 spiro atoms. The molecule has 0 fully saturated rings. The summed E-state index contributed by atoms with van der Waals surface area (Å²) in [5, 5.41) is 18.1. The summed E-state index contributed by atoms with van der Waals surface area (Å²) >= 11 is 1.40. The maximum Gasteiger partial charge on any atom is 0.333 e. The van der Waals surface area contributed by atoms with Gasteiger partial charge in [0.15, 0.2) is 11.9 Å². The van der Waals surface area contributed by atoms with E-state index in [2.05, 4.69) is 0 Å². The topological polar surface area (TPSA) is 74.6 Å². The molecular formula is C11H10O4S. The number of carboxylic acids is 1. The van der Waals surface area contributed by atoms with Crippen LogP contribution in [0.1, 0.15) is 10.4 Å². The van der Waals surface area contributed by atoms with Gasteiger partial charge in [0.05, 0.1) is 5.92 Å². The number of carboxylic acid groups (broad SMARTS) is 1. The van der Waals surface area contributed by atoms with Crippen LogP contribution in [-0.4, -0.2) is 33.8 Å². The normalized spacial score (nSPS) is 21.3. The number of aliphatic hydroxyl groups excluding tert-OH is 1. The van der Waals surface area contributed by atoms with Crippen molar-refractivity contribution in [2.75, 3.05) is 5.75 Å². The Hall–Kier alpha value is -1.33. The molecule has 0 radical (unpaired) electrons. The molecular weight excluding hydrogens is 228 g/mol. The van der Waals surface area contributed by atoms with Crippen LogP contribution in [0.4, 0.5) is 0 Å². The van der Waals surface area contributed by atoms with Crippen molar-refractivity contribution in [3.05, 3.63) is 29.8 Å². The highest BCUT2D eigenvalue weighted by atomic mass is 32.2. The number of rotatable bonds is 2. The van der Waals surface area contributed by atoms with E-state index < -0.39 is 18.0 Å². The Morgan fingerprint density at radius 1 is 1.44 bits per heavy atom. The predicted molar refractivity (Wildman–Crippen MR) is 58.6 cm³/mol. The van der Waals surface area contributed by atoms with E-state index in [1.165, 1.54) is 11.8 Å². The number of carbonyl (C=O) groups excluding carboxylic acids is 1. The highest BCUT2D eigenvalue weighted by molar-refractivity contribution is 7.99. The molecule has 0 saturated carbocycles. The number of hydrogen-bond donors (Lipinski definition) is 2. The summed E-state index contributed by atoms with van der Waals surface area (Å²) in [6, 6.07) is 7.03. The lowest BCUT2D eigenvalue weighted by molar-refractivity contribution is -0.148. The van der Waals surface area contributed by atoms with Crippen molar-refractivity contribution >= 4 is 23.5 Å². The van der Waals surface area contributed by atoms with Crippen LogP contribution in [0.2, 0.25) is 0 Å². The first-order valence-corrected chi connectivity index (χ1v) is 5.76. The van der Waals surface area contributed by atoms with E-state index in [1.54, 1.807) is 12.1 Å². The maximum atomic E-state index is 11.9. The Kier molecular flexibility index (Phi) is 2.98. The van der Waals surface area contributed by atoms with Crippen molar-refractivity contribution in [2.45, 2.75) is 11.0 Å². The van der Waals surface area contributed by atoms with Crippen LogP contribution in [0.3, 0.4) is 0 Å². The van der Waals surface area contributed by atoms with Crippen molar-refractivity contribution in [3.63, 3.8) is 0 Å². The van der Waals surface area contributed by atoms with Crippen molar-refractivity contribution in [2.24, 2.45) is 5.92 Å². The summed E-state index contributed by atoms with van der Waals surface area (Å²) in [6.07, 6.45) is -1.62. The number of hydrogen-bond acceptors (Lipinski definition) is 4. The minimum absolute atomic E-state index is 0.288. The Morgan fingerprint density at radius 2 is 2.12 bits per heavy atom. The Balaban J connectivity index is 2.31. The third-order valence-electron chi connectivity index (χ3n) is 2.54. The van der Waals surface area contributed by atoms with Crippen molar-refractivity contribution < 1.29 is 19.8 Å². The summed E-state index contributed by atoms with van der Waals surface area (Å²) in [5.41, 5.74) is 0.504. The lowest BCUT2D eigenvalue weighted by atomic mass is 9.93. The molecule has 2 N–H and O–H groups in total. The van der Waals surface area contributed by atoms with E-state index in [9.17, 15) is 14.7 Å². The van der Waals surface area contributed by atoms with Gasteiger partial charge < -0.3 is 10.2 Å². The van der Waals surface area contributed by atoms with E-state index in [0.29, 0.717) is 11.3 Å². The van der Waals surface area contributed by atoms with Crippen LogP contribution in [0, 0.1) is 5.92 Å². The monoisotopic (exact) mass is 238 g/mol. The predicted octanol–water partition coefficient (Wildman–Crippen LogP) is 1.04. The number of benzene rings is 1. The van der Waals surface area contributed by atoms with Gasteiger partial charge in [-0.1, -0.05) is 18.2 Å². The number of aliphatic hydroxyl groups is 1. The van der Waals surface area contributed by atoms with Crippen molar-refractivity contribution in [1.29, 1.82) is 0 Å². The zero-order chi connectivity index (χ0) is 11.7. The van der Waals surface area contributed by atoms with Gasteiger partial charge >= 0.3 is 5.97 Å². The van der Waals surface area contributed by atoms with Gasteiger partial charge in [-0.05, 0) is 6.07 Å². The molecule has 1 aliphatic rings. The van der Waals surface area contributed by atoms with Crippen LogP contribution >= 0.6 is 11.8 Å². The molecule has 5 heteroatoms. The third kappa shape index (κ3) is 1.83.